The minimum atomic E-state index is -0.223. The molecule has 4 aliphatic carbocycles. The number of hydrogen-bond acceptors (Lipinski definition) is 4. The molecule has 0 N–H and O–H groups in total. The van der Waals surface area contributed by atoms with Gasteiger partial charge in [0.1, 0.15) is 6.10 Å². The van der Waals surface area contributed by atoms with Gasteiger partial charge in [0.2, 0.25) is 0 Å². The molecule has 4 heteroatoms. The number of carbonyl (C=O) groups is 2. The lowest BCUT2D eigenvalue weighted by atomic mass is 9.42. The van der Waals surface area contributed by atoms with Crippen LogP contribution in [0.5, 0.6) is 0 Å². The van der Waals surface area contributed by atoms with Crippen molar-refractivity contribution in [3.63, 3.8) is 0 Å². The summed E-state index contributed by atoms with van der Waals surface area (Å²) in [6.45, 7) is 20.3. The predicted molar refractivity (Wildman–Crippen MR) is 149 cm³/mol. The van der Waals surface area contributed by atoms with Crippen LogP contribution in [0.3, 0.4) is 0 Å². The predicted octanol–water partition coefficient (Wildman–Crippen LogP) is 7.93. The highest BCUT2D eigenvalue weighted by Crippen LogP contribution is 2.72. The van der Waals surface area contributed by atoms with E-state index in [1.165, 1.54) is 38.2 Å². The zero-order valence-electron chi connectivity index (χ0n) is 25.5. The summed E-state index contributed by atoms with van der Waals surface area (Å²) in [6.07, 6.45) is 9.26. The first-order valence-corrected chi connectivity index (χ1v) is 15.1. The lowest BCUT2D eigenvalue weighted by Gasteiger charge is -2.62. The molecule has 4 nitrogen and oxygen atoms in total. The molecule has 2 fully saturated rings. The second kappa shape index (κ2) is 9.79. The largest absolute Gasteiger partial charge is 0.462 e. The number of fused-ring (bicyclic) bond motifs is 4. The molecule has 0 amide bonds. The fourth-order valence-electron chi connectivity index (χ4n) is 10.0. The maximum atomic E-state index is 14.4. The molecule has 0 spiro atoms. The van der Waals surface area contributed by atoms with Crippen LogP contribution in [0.1, 0.15) is 120 Å². The quantitative estimate of drug-likeness (QED) is 0.324. The molecule has 0 bridgehead atoms. The Morgan fingerprint density at radius 3 is 2.30 bits per heavy atom. The van der Waals surface area contributed by atoms with Crippen LogP contribution in [-0.2, 0) is 19.1 Å². The van der Waals surface area contributed by atoms with Crippen LogP contribution in [0.25, 0.3) is 0 Å². The van der Waals surface area contributed by atoms with Gasteiger partial charge >= 0.3 is 5.97 Å². The lowest BCUT2D eigenvalue weighted by Crippen LogP contribution is -2.60. The van der Waals surface area contributed by atoms with Crippen LogP contribution in [-0.4, -0.2) is 31.1 Å². The normalized spacial score (nSPS) is 41.8. The van der Waals surface area contributed by atoms with Gasteiger partial charge in [0.05, 0.1) is 6.10 Å². The molecular weight excluding hydrogens is 460 g/mol. The van der Waals surface area contributed by atoms with Crippen molar-refractivity contribution in [2.24, 2.45) is 45.3 Å². The van der Waals surface area contributed by atoms with Gasteiger partial charge in [-0.2, -0.15) is 0 Å². The number of esters is 1. The van der Waals surface area contributed by atoms with Crippen molar-refractivity contribution in [1.29, 1.82) is 0 Å². The second-order valence-corrected chi connectivity index (χ2v) is 15.0. The summed E-state index contributed by atoms with van der Waals surface area (Å²) in [5.74, 6) is 2.34. The Bertz CT molecular complexity index is 946. The maximum Gasteiger partial charge on any atom is 0.302 e. The molecule has 0 aromatic heterocycles. The number of allylic oxidation sites excluding steroid dienone is 1. The fraction of sp³-hybridized carbons (Fsp3) is 0.879. The molecule has 0 heterocycles. The minimum absolute atomic E-state index is 0.0151. The van der Waals surface area contributed by atoms with Crippen molar-refractivity contribution in [3.8, 4) is 0 Å². The number of rotatable bonds is 7. The van der Waals surface area contributed by atoms with E-state index < -0.39 is 0 Å². The summed E-state index contributed by atoms with van der Waals surface area (Å²) in [5, 5.41) is 0. The van der Waals surface area contributed by atoms with E-state index in [0.29, 0.717) is 24.0 Å². The van der Waals surface area contributed by atoms with Crippen molar-refractivity contribution < 1.29 is 19.1 Å². The number of ether oxygens (including phenoxy) is 2. The summed E-state index contributed by atoms with van der Waals surface area (Å²) in [6, 6.07) is 0. The van der Waals surface area contributed by atoms with E-state index in [1.54, 1.807) is 0 Å². The summed E-state index contributed by atoms with van der Waals surface area (Å²) in [7, 11) is 1.83. The molecule has 0 aromatic carbocycles. The zero-order chi connectivity index (χ0) is 27.6. The van der Waals surface area contributed by atoms with E-state index in [-0.39, 0.29) is 45.8 Å². The lowest BCUT2D eigenvalue weighted by molar-refractivity contribution is -0.171. The van der Waals surface area contributed by atoms with E-state index in [0.717, 1.165) is 37.2 Å². The van der Waals surface area contributed by atoms with Gasteiger partial charge in [0.25, 0.3) is 0 Å². The van der Waals surface area contributed by atoms with Crippen LogP contribution in [0, 0.1) is 45.3 Å². The topological polar surface area (TPSA) is 52.6 Å². The Kier molecular flexibility index (Phi) is 7.63. The van der Waals surface area contributed by atoms with Gasteiger partial charge in [-0.3, -0.25) is 9.59 Å². The number of Topliss-reactive ketones (excluding diaryl/α,β-unsaturated/α-hetero) is 1. The van der Waals surface area contributed by atoms with E-state index in [4.69, 9.17) is 9.47 Å². The highest BCUT2D eigenvalue weighted by atomic mass is 16.5. The van der Waals surface area contributed by atoms with Crippen molar-refractivity contribution in [2.75, 3.05) is 7.11 Å². The molecule has 37 heavy (non-hydrogen) atoms. The Morgan fingerprint density at radius 2 is 1.70 bits per heavy atom. The van der Waals surface area contributed by atoms with Crippen LogP contribution in [0.4, 0.5) is 0 Å². The van der Waals surface area contributed by atoms with Gasteiger partial charge in [0, 0.05) is 31.4 Å². The molecule has 4 aliphatic rings. The molecule has 0 radical (unpaired) electrons. The first kappa shape index (κ1) is 28.8. The first-order valence-electron chi connectivity index (χ1n) is 15.1. The van der Waals surface area contributed by atoms with Crippen molar-refractivity contribution >= 4 is 11.8 Å². The molecule has 4 rings (SSSR count). The Balaban J connectivity index is 1.75. The van der Waals surface area contributed by atoms with E-state index >= 15 is 0 Å². The smallest absolute Gasteiger partial charge is 0.302 e. The molecule has 0 saturated heterocycles. The van der Waals surface area contributed by atoms with Gasteiger partial charge in [-0.1, -0.05) is 74.7 Å². The maximum absolute atomic E-state index is 14.4. The van der Waals surface area contributed by atoms with Gasteiger partial charge in [-0.15, -0.1) is 0 Å². The highest BCUT2D eigenvalue weighted by molar-refractivity contribution is 6.00. The van der Waals surface area contributed by atoms with Crippen LogP contribution in [0.2, 0.25) is 0 Å². The average molecular weight is 515 g/mol. The van der Waals surface area contributed by atoms with Crippen LogP contribution < -0.4 is 0 Å². The Morgan fingerprint density at radius 1 is 1.03 bits per heavy atom. The molecule has 0 aliphatic heterocycles. The third-order valence-corrected chi connectivity index (χ3v) is 12.2. The standard InChI is InChI=1S/C33H54O4/c1-20(2)12-11-13-21(3)23-14-17-32(8)29-25(36-10)18-26-30(5,6)27(37-22(4)34)15-16-31(26,7)28(29)24(35)19-33(23,32)9/h20-21,23,25-27H,11-19H2,1-10H3/t21-,23-,25+,26+,27+,31+,32+,33-/m1/s1. The summed E-state index contributed by atoms with van der Waals surface area (Å²) in [4.78, 5) is 26.3. The molecule has 210 valence electrons. The zero-order valence-corrected chi connectivity index (χ0v) is 25.5. The van der Waals surface area contributed by atoms with E-state index in [1.807, 2.05) is 7.11 Å². The molecule has 8 atom stereocenters. The summed E-state index contributed by atoms with van der Waals surface area (Å²) < 4.78 is 12.1. The molecule has 2 saturated carbocycles. The monoisotopic (exact) mass is 514 g/mol. The summed E-state index contributed by atoms with van der Waals surface area (Å²) >= 11 is 0. The first-order chi connectivity index (χ1) is 17.1. The highest BCUT2D eigenvalue weighted by Gasteiger charge is 2.67. The average Bonchev–Trinajstić information content (AvgIpc) is 3.06. The van der Waals surface area contributed by atoms with Crippen molar-refractivity contribution in [2.45, 2.75) is 132 Å². The van der Waals surface area contributed by atoms with E-state index in [9.17, 15) is 9.59 Å². The minimum Gasteiger partial charge on any atom is -0.462 e. The van der Waals surface area contributed by atoms with Crippen molar-refractivity contribution in [1.82, 2.24) is 0 Å². The molecule has 0 aromatic rings. The SMILES string of the molecule is CO[C@H]1C[C@H]2C(C)(C)[C@@H](OC(C)=O)CC[C@]2(C)C2=C1[C@]1(C)CC[C@H]([C@H](C)CCCC(C)C)[C@@]1(C)CC2=O. The van der Waals surface area contributed by atoms with Crippen LogP contribution in [0.15, 0.2) is 11.1 Å². The second-order valence-electron chi connectivity index (χ2n) is 15.0. The Labute approximate surface area is 226 Å². The number of ketones is 1. The third-order valence-electron chi connectivity index (χ3n) is 12.2. The fourth-order valence-corrected chi connectivity index (χ4v) is 10.0. The van der Waals surface area contributed by atoms with Gasteiger partial charge < -0.3 is 9.47 Å². The third kappa shape index (κ3) is 4.36. The van der Waals surface area contributed by atoms with Gasteiger partial charge in [-0.25, -0.2) is 0 Å². The summed E-state index contributed by atoms with van der Waals surface area (Å²) in [5.41, 5.74) is 1.97. The molecular formula is C33H54O4. The number of methoxy groups -OCH3 is 1. The van der Waals surface area contributed by atoms with Crippen LogP contribution >= 0.6 is 0 Å². The van der Waals surface area contributed by atoms with E-state index in [2.05, 4.69) is 55.4 Å². The Hall–Kier alpha value is -1.16. The van der Waals surface area contributed by atoms with Gasteiger partial charge in [-0.05, 0) is 77.6 Å². The molecule has 0 unspecified atom stereocenters. The van der Waals surface area contributed by atoms with Crippen molar-refractivity contribution in [3.05, 3.63) is 11.1 Å². The van der Waals surface area contributed by atoms with Gasteiger partial charge in [0.15, 0.2) is 5.78 Å². The number of carbonyl (C=O) groups excluding carboxylic acids is 2. The number of hydrogen-bond donors (Lipinski definition) is 0.